The van der Waals surface area contributed by atoms with Crippen molar-refractivity contribution < 1.29 is 23.4 Å². The zero-order chi connectivity index (χ0) is 29.9. The summed E-state index contributed by atoms with van der Waals surface area (Å²) < 4.78 is 25.6. The third kappa shape index (κ3) is 5.84. The van der Waals surface area contributed by atoms with Crippen LogP contribution in [0.2, 0.25) is 0 Å². The second-order valence-electron chi connectivity index (χ2n) is 9.83. The van der Waals surface area contributed by atoms with Crippen LogP contribution in [0.15, 0.2) is 84.9 Å². The minimum atomic E-state index is -0.768. The van der Waals surface area contributed by atoms with Crippen molar-refractivity contribution >= 4 is 50.9 Å². The SMILES string of the molecule is CCOC(=O)C1=C(c2ccccc2)N=c2s/c(=C/c3cc(Br)c(N4CCOCC4)o3)c(=O)n2[C@@H]1c1ccc(OCC)cc1. The molecule has 9 nitrogen and oxygen atoms in total. The van der Waals surface area contributed by atoms with Crippen LogP contribution in [-0.4, -0.2) is 50.1 Å². The summed E-state index contributed by atoms with van der Waals surface area (Å²) in [5.41, 5.74) is 1.98. The molecule has 0 unspecified atom stereocenters. The van der Waals surface area contributed by atoms with Crippen molar-refractivity contribution in [1.82, 2.24) is 4.57 Å². The van der Waals surface area contributed by atoms with E-state index in [4.69, 9.17) is 23.6 Å². The number of rotatable bonds is 8. The molecule has 0 saturated carbocycles. The number of esters is 1. The number of carbonyl (C=O) groups is 1. The number of ether oxygens (including phenoxy) is 3. The number of carbonyl (C=O) groups excluding carboxylic acids is 1. The summed E-state index contributed by atoms with van der Waals surface area (Å²) in [5.74, 6) is 1.40. The van der Waals surface area contributed by atoms with Crippen LogP contribution in [0, 0.1) is 0 Å². The van der Waals surface area contributed by atoms with Crippen molar-refractivity contribution in [3.8, 4) is 5.75 Å². The Balaban J connectivity index is 1.54. The number of hydrogen-bond donors (Lipinski definition) is 0. The Morgan fingerprint density at radius 2 is 1.84 bits per heavy atom. The summed E-state index contributed by atoms with van der Waals surface area (Å²) in [4.78, 5) is 35.2. The molecule has 0 amide bonds. The van der Waals surface area contributed by atoms with Crippen molar-refractivity contribution in [2.24, 2.45) is 4.99 Å². The third-order valence-electron chi connectivity index (χ3n) is 7.14. The van der Waals surface area contributed by atoms with Gasteiger partial charge in [0.1, 0.15) is 11.5 Å². The van der Waals surface area contributed by atoms with Gasteiger partial charge in [-0.15, -0.1) is 0 Å². The van der Waals surface area contributed by atoms with Crippen LogP contribution in [-0.2, 0) is 14.3 Å². The average molecular weight is 665 g/mol. The second-order valence-corrected chi connectivity index (χ2v) is 11.7. The minimum Gasteiger partial charge on any atom is -0.494 e. The highest BCUT2D eigenvalue weighted by Gasteiger charge is 2.35. The van der Waals surface area contributed by atoms with Gasteiger partial charge in [0.2, 0.25) is 5.88 Å². The summed E-state index contributed by atoms with van der Waals surface area (Å²) >= 11 is 4.86. The molecule has 222 valence electrons. The van der Waals surface area contributed by atoms with Crippen LogP contribution >= 0.6 is 27.3 Å². The Hall–Kier alpha value is -3.93. The van der Waals surface area contributed by atoms with Crippen molar-refractivity contribution in [2.75, 3.05) is 44.4 Å². The van der Waals surface area contributed by atoms with Crippen LogP contribution in [0.4, 0.5) is 5.88 Å². The maximum absolute atomic E-state index is 14.1. The number of morpholine rings is 1. The molecule has 0 aliphatic carbocycles. The van der Waals surface area contributed by atoms with Crippen LogP contribution in [0.5, 0.6) is 5.75 Å². The lowest BCUT2D eigenvalue weighted by Gasteiger charge is -2.26. The molecule has 6 rings (SSSR count). The van der Waals surface area contributed by atoms with E-state index in [1.807, 2.05) is 67.6 Å². The van der Waals surface area contributed by atoms with Gasteiger partial charge in [-0.05, 0) is 47.5 Å². The van der Waals surface area contributed by atoms with Gasteiger partial charge in [-0.2, -0.15) is 0 Å². The first-order valence-corrected chi connectivity index (χ1v) is 15.7. The fourth-order valence-electron chi connectivity index (χ4n) is 5.23. The van der Waals surface area contributed by atoms with Crippen molar-refractivity contribution in [2.45, 2.75) is 19.9 Å². The molecule has 11 heteroatoms. The van der Waals surface area contributed by atoms with Gasteiger partial charge in [0.25, 0.3) is 5.56 Å². The van der Waals surface area contributed by atoms with E-state index in [-0.39, 0.29) is 12.2 Å². The monoisotopic (exact) mass is 663 g/mol. The highest BCUT2D eigenvalue weighted by Crippen LogP contribution is 2.36. The largest absolute Gasteiger partial charge is 0.494 e. The molecular weight excluding hydrogens is 634 g/mol. The van der Waals surface area contributed by atoms with E-state index in [2.05, 4.69) is 20.8 Å². The first-order valence-electron chi connectivity index (χ1n) is 14.1. The Kier molecular flexibility index (Phi) is 8.64. The lowest BCUT2D eigenvalue weighted by molar-refractivity contribution is -0.138. The number of benzene rings is 2. The van der Waals surface area contributed by atoms with Gasteiger partial charge >= 0.3 is 5.97 Å². The number of fused-ring (bicyclic) bond motifs is 1. The van der Waals surface area contributed by atoms with Gasteiger partial charge in [-0.3, -0.25) is 9.36 Å². The summed E-state index contributed by atoms with van der Waals surface area (Å²) in [6.45, 7) is 7.07. The summed E-state index contributed by atoms with van der Waals surface area (Å²) in [7, 11) is 0. The van der Waals surface area contributed by atoms with Crippen molar-refractivity contribution in [3.05, 3.63) is 107 Å². The molecule has 0 radical (unpaired) electrons. The van der Waals surface area contributed by atoms with Gasteiger partial charge in [-0.25, -0.2) is 9.79 Å². The van der Waals surface area contributed by atoms with Crippen LogP contribution < -0.4 is 24.5 Å². The Bertz CT molecular complexity index is 1840. The molecule has 2 aromatic heterocycles. The van der Waals surface area contributed by atoms with E-state index >= 15 is 0 Å². The molecule has 43 heavy (non-hydrogen) atoms. The maximum Gasteiger partial charge on any atom is 0.338 e. The highest BCUT2D eigenvalue weighted by atomic mass is 79.9. The van der Waals surface area contributed by atoms with Crippen molar-refractivity contribution in [1.29, 1.82) is 0 Å². The van der Waals surface area contributed by atoms with E-state index < -0.39 is 12.0 Å². The third-order valence-corrected chi connectivity index (χ3v) is 8.69. The predicted octanol–water partition coefficient (Wildman–Crippen LogP) is 4.53. The zero-order valence-corrected chi connectivity index (χ0v) is 26.2. The van der Waals surface area contributed by atoms with Crippen molar-refractivity contribution in [3.63, 3.8) is 0 Å². The van der Waals surface area contributed by atoms with E-state index in [9.17, 15) is 9.59 Å². The first kappa shape index (κ1) is 29.2. The molecule has 2 aliphatic rings. The Morgan fingerprint density at radius 3 is 2.53 bits per heavy atom. The summed E-state index contributed by atoms with van der Waals surface area (Å²) in [6.07, 6.45) is 1.73. The number of halogens is 1. The highest BCUT2D eigenvalue weighted by molar-refractivity contribution is 9.10. The standard InChI is InChI=1S/C32H30BrN3O6S/c1-3-40-22-12-10-21(11-13-22)28-26(31(38)41-4-2)27(20-8-6-5-7-9-20)34-32-36(28)29(37)25(43-32)19-23-18-24(33)30(42-23)35-14-16-39-17-15-35/h5-13,18-19,28H,3-4,14-17H2,1-2H3/b25-19+/t28-/m1/s1. The molecule has 0 N–H and O–H groups in total. The molecule has 0 bridgehead atoms. The quantitative estimate of drug-likeness (QED) is 0.256. The van der Waals surface area contributed by atoms with E-state index in [0.717, 1.165) is 15.6 Å². The van der Waals surface area contributed by atoms with Gasteiger partial charge in [-0.1, -0.05) is 53.8 Å². The molecule has 0 spiro atoms. The second kappa shape index (κ2) is 12.7. The number of nitrogens with zero attached hydrogens (tertiary/aromatic N) is 3. The molecule has 2 aromatic carbocycles. The first-order chi connectivity index (χ1) is 21.0. The molecule has 4 aromatic rings. The zero-order valence-electron chi connectivity index (χ0n) is 23.7. The van der Waals surface area contributed by atoms with E-state index in [1.54, 1.807) is 17.6 Å². The van der Waals surface area contributed by atoms with Gasteiger partial charge in [0.15, 0.2) is 4.80 Å². The fourth-order valence-corrected chi connectivity index (χ4v) is 6.77. The molecular formula is C32H30BrN3O6S. The number of thiazole rings is 1. The summed E-state index contributed by atoms with van der Waals surface area (Å²) in [5, 5.41) is 0. The lowest BCUT2D eigenvalue weighted by Crippen LogP contribution is -2.40. The molecule has 1 atom stereocenters. The number of furan rings is 1. The molecule has 4 heterocycles. The van der Waals surface area contributed by atoms with Gasteiger partial charge in [0, 0.05) is 30.8 Å². The van der Waals surface area contributed by atoms with E-state index in [1.165, 1.54) is 11.3 Å². The number of anilines is 1. The maximum atomic E-state index is 14.1. The molecule has 2 aliphatic heterocycles. The number of aromatic nitrogens is 1. The average Bonchev–Trinajstić information content (AvgIpc) is 3.56. The Labute approximate surface area is 260 Å². The van der Waals surface area contributed by atoms with Crippen LogP contribution in [0.1, 0.15) is 36.8 Å². The van der Waals surface area contributed by atoms with E-state index in [0.29, 0.717) is 70.9 Å². The van der Waals surface area contributed by atoms with Crippen LogP contribution in [0.3, 0.4) is 0 Å². The van der Waals surface area contributed by atoms with Gasteiger partial charge in [0.05, 0.1) is 52.7 Å². The Morgan fingerprint density at radius 1 is 1.09 bits per heavy atom. The summed E-state index contributed by atoms with van der Waals surface area (Å²) in [6, 6.07) is 18.0. The topological polar surface area (TPSA) is 95.5 Å². The van der Waals surface area contributed by atoms with Gasteiger partial charge < -0.3 is 23.5 Å². The smallest absolute Gasteiger partial charge is 0.338 e. The lowest BCUT2D eigenvalue weighted by atomic mass is 9.93. The van der Waals surface area contributed by atoms with Crippen LogP contribution in [0.25, 0.3) is 11.8 Å². The number of hydrogen-bond acceptors (Lipinski definition) is 9. The predicted molar refractivity (Wildman–Crippen MR) is 168 cm³/mol. The molecule has 1 fully saturated rings. The fraction of sp³-hybridized carbons (Fsp3) is 0.281. The minimum absolute atomic E-state index is 0.184. The molecule has 1 saturated heterocycles. The normalized spacial score (nSPS) is 17.0.